The van der Waals surface area contributed by atoms with Crippen LogP contribution in [0, 0.1) is 0 Å². The highest BCUT2D eigenvalue weighted by Crippen LogP contribution is 2.26. The summed E-state index contributed by atoms with van der Waals surface area (Å²) >= 11 is 0. The number of hydrogen-bond acceptors (Lipinski definition) is 2. The summed E-state index contributed by atoms with van der Waals surface area (Å²) < 4.78 is 0. The lowest BCUT2D eigenvalue weighted by atomic mass is 10.1. The summed E-state index contributed by atoms with van der Waals surface area (Å²) in [6.45, 7) is 3.63. The molecule has 1 saturated carbocycles. The van der Waals surface area contributed by atoms with E-state index in [1.54, 1.807) is 4.90 Å². The van der Waals surface area contributed by atoms with Crippen LogP contribution in [0.3, 0.4) is 0 Å². The van der Waals surface area contributed by atoms with Crippen LogP contribution in [0.4, 0.5) is 0 Å². The zero-order valence-corrected chi connectivity index (χ0v) is 11.4. The third-order valence-electron chi connectivity index (χ3n) is 3.38. The van der Waals surface area contributed by atoms with Crippen LogP contribution < -0.4 is 5.32 Å². The van der Waals surface area contributed by atoms with E-state index in [4.69, 9.17) is 0 Å². The summed E-state index contributed by atoms with van der Waals surface area (Å²) in [5, 5.41) is 2.93. The van der Waals surface area contributed by atoms with Crippen LogP contribution in [0.1, 0.15) is 38.3 Å². The van der Waals surface area contributed by atoms with Crippen molar-refractivity contribution >= 4 is 11.8 Å². The molecule has 2 rings (SSSR count). The van der Waals surface area contributed by atoms with Crippen LogP contribution in [-0.4, -0.2) is 29.3 Å². The zero-order valence-electron chi connectivity index (χ0n) is 11.4. The fraction of sp³-hybridized carbons (Fsp3) is 0.467. The Morgan fingerprint density at radius 1 is 1.32 bits per heavy atom. The zero-order chi connectivity index (χ0) is 13.8. The molecule has 19 heavy (non-hydrogen) atoms. The van der Waals surface area contributed by atoms with Gasteiger partial charge in [-0.15, -0.1) is 0 Å². The van der Waals surface area contributed by atoms with Gasteiger partial charge in [0.1, 0.15) is 0 Å². The maximum atomic E-state index is 12.0. The molecule has 0 heterocycles. The fourth-order valence-electron chi connectivity index (χ4n) is 2.15. The highest BCUT2D eigenvalue weighted by molar-refractivity contribution is 5.84. The molecule has 1 unspecified atom stereocenters. The monoisotopic (exact) mass is 260 g/mol. The lowest BCUT2D eigenvalue weighted by molar-refractivity contribution is -0.135. The van der Waals surface area contributed by atoms with Crippen LogP contribution >= 0.6 is 0 Å². The number of nitrogens with zero attached hydrogens (tertiary/aromatic N) is 1. The normalized spacial score (nSPS) is 15.7. The maximum Gasteiger partial charge on any atom is 0.240 e. The molecule has 2 amide bonds. The van der Waals surface area contributed by atoms with Gasteiger partial charge in [0.25, 0.3) is 0 Å². The number of rotatable bonds is 5. The van der Waals surface area contributed by atoms with Gasteiger partial charge in [0.2, 0.25) is 11.8 Å². The van der Waals surface area contributed by atoms with Crippen molar-refractivity contribution in [3.8, 4) is 0 Å². The maximum absolute atomic E-state index is 12.0. The molecule has 1 fully saturated rings. The molecule has 0 radical (unpaired) electrons. The first kappa shape index (κ1) is 13.6. The lowest BCUT2D eigenvalue weighted by Gasteiger charge is -2.21. The second kappa shape index (κ2) is 5.87. The predicted molar refractivity (Wildman–Crippen MR) is 73.4 cm³/mol. The number of nitrogens with one attached hydrogen (secondary N) is 1. The van der Waals surface area contributed by atoms with Gasteiger partial charge >= 0.3 is 0 Å². The second-order valence-electron chi connectivity index (χ2n) is 5.08. The molecule has 0 aromatic heterocycles. The minimum atomic E-state index is -0.0987. The van der Waals surface area contributed by atoms with Crippen molar-refractivity contribution in [3.05, 3.63) is 35.9 Å². The van der Waals surface area contributed by atoms with Crippen molar-refractivity contribution in [1.29, 1.82) is 0 Å². The van der Waals surface area contributed by atoms with Gasteiger partial charge in [-0.3, -0.25) is 9.59 Å². The summed E-state index contributed by atoms with van der Waals surface area (Å²) in [4.78, 5) is 25.1. The fourth-order valence-corrected chi connectivity index (χ4v) is 2.15. The van der Waals surface area contributed by atoms with E-state index >= 15 is 0 Å². The van der Waals surface area contributed by atoms with Gasteiger partial charge in [-0.05, 0) is 25.3 Å². The third-order valence-corrected chi connectivity index (χ3v) is 3.38. The largest absolute Gasteiger partial charge is 0.348 e. The molecular formula is C15H20N2O2. The summed E-state index contributed by atoms with van der Waals surface area (Å²) in [5.41, 5.74) is 1.07. The number of amides is 2. The molecular weight excluding hydrogens is 240 g/mol. The van der Waals surface area contributed by atoms with Crippen molar-refractivity contribution in [2.45, 2.75) is 38.8 Å². The quantitative estimate of drug-likeness (QED) is 0.878. The van der Waals surface area contributed by atoms with E-state index in [1.165, 1.54) is 6.92 Å². The first-order valence-corrected chi connectivity index (χ1v) is 6.69. The van der Waals surface area contributed by atoms with Gasteiger partial charge in [0.05, 0.1) is 12.6 Å². The molecule has 4 heteroatoms. The van der Waals surface area contributed by atoms with Crippen LogP contribution in [-0.2, 0) is 9.59 Å². The van der Waals surface area contributed by atoms with Gasteiger partial charge in [-0.25, -0.2) is 0 Å². The molecule has 1 aromatic carbocycles. The predicted octanol–water partition coefficient (Wildman–Crippen LogP) is 1.87. The lowest BCUT2D eigenvalue weighted by Crippen LogP contribution is -2.41. The molecule has 1 aliphatic carbocycles. The van der Waals surface area contributed by atoms with E-state index in [1.807, 2.05) is 37.3 Å². The Bertz CT molecular complexity index is 454. The standard InChI is InChI=1S/C15H20N2O2/c1-11(13-6-4-3-5-7-13)16-15(19)10-17(12(2)18)14-8-9-14/h3-7,11,14H,8-10H2,1-2H3,(H,16,19). The molecule has 1 aromatic rings. The minimum Gasteiger partial charge on any atom is -0.348 e. The molecule has 1 N–H and O–H groups in total. The van der Waals surface area contributed by atoms with Gasteiger partial charge in [0, 0.05) is 13.0 Å². The van der Waals surface area contributed by atoms with E-state index in [2.05, 4.69) is 5.32 Å². The van der Waals surface area contributed by atoms with Crippen LogP contribution in [0.15, 0.2) is 30.3 Å². The molecule has 0 saturated heterocycles. The van der Waals surface area contributed by atoms with Crippen LogP contribution in [0.2, 0.25) is 0 Å². The van der Waals surface area contributed by atoms with Gasteiger partial charge in [0.15, 0.2) is 0 Å². The smallest absolute Gasteiger partial charge is 0.240 e. The van der Waals surface area contributed by atoms with Crippen molar-refractivity contribution in [3.63, 3.8) is 0 Å². The highest BCUT2D eigenvalue weighted by atomic mass is 16.2. The molecule has 4 nitrogen and oxygen atoms in total. The van der Waals surface area contributed by atoms with Crippen molar-refractivity contribution < 1.29 is 9.59 Å². The Morgan fingerprint density at radius 2 is 1.95 bits per heavy atom. The molecule has 102 valence electrons. The Morgan fingerprint density at radius 3 is 2.47 bits per heavy atom. The summed E-state index contributed by atoms with van der Waals surface area (Å²) in [7, 11) is 0. The molecule has 0 spiro atoms. The Hall–Kier alpha value is -1.84. The van der Waals surface area contributed by atoms with Crippen molar-refractivity contribution in [2.75, 3.05) is 6.54 Å². The first-order valence-electron chi connectivity index (χ1n) is 6.69. The molecule has 0 aliphatic heterocycles. The van der Waals surface area contributed by atoms with Crippen LogP contribution in [0.25, 0.3) is 0 Å². The summed E-state index contributed by atoms with van der Waals surface area (Å²) in [5.74, 6) is -0.122. The van der Waals surface area contributed by atoms with Gasteiger partial charge in [-0.1, -0.05) is 30.3 Å². The van der Waals surface area contributed by atoms with Crippen molar-refractivity contribution in [2.24, 2.45) is 0 Å². The van der Waals surface area contributed by atoms with Crippen LogP contribution in [0.5, 0.6) is 0 Å². The SMILES string of the molecule is CC(=O)N(CC(=O)NC(C)c1ccccc1)C1CC1. The molecule has 1 aliphatic rings. The number of benzene rings is 1. The van der Waals surface area contributed by atoms with E-state index < -0.39 is 0 Å². The average Bonchev–Trinajstić information content (AvgIpc) is 3.21. The van der Waals surface area contributed by atoms with E-state index in [-0.39, 0.29) is 30.4 Å². The molecule has 1 atom stereocenters. The Balaban J connectivity index is 1.88. The summed E-state index contributed by atoms with van der Waals surface area (Å²) in [6.07, 6.45) is 2.03. The van der Waals surface area contributed by atoms with Gasteiger partial charge in [-0.2, -0.15) is 0 Å². The molecule has 0 bridgehead atoms. The van der Waals surface area contributed by atoms with E-state index in [0.717, 1.165) is 18.4 Å². The second-order valence-corrected chi connectivity index (χ2v) is 5.08. The third kappa shape index (κ3) is 3.81. The van der Waals surface area contributed by atoms with E-state index in [9.17, 15) is 9.59 Å². The van der Waals surface area contributed by atoms with Gasteiger partial charge < -0.3 is 10.2 Å². The number of carbonyl (C=O) groups excluding carboxylic acids is 2. The Kier molecular flexibility index (Phi) is 4.20. The number of hydrogen-bond donors (Lipinski definition) is 1. The summed E-state index contributed by atoms with van der Waals surface area (Å²) in [6, 6.07) is 10.0. The number of carbonyl (C=O) groups is 2. The van der Waals surface area contributed by atoms with E-state index in [0.29, 0.717) is 0 Å². The first-order chi connectivity index (χ1) is 9.08. The average molecular weight is 260 g/mol. The highest BCUT2D eigenvalue weighted by Gasteiger charge is 2.32. The topological polar surface area (TPSA) is 49.4 Å². The Labute approximate surface area is 113 Å². The van der Waals surface area contributed by atoms with Crippen molar-refractivity contribution in [1.82, 2.24) is 10.2 Å². The minimum absolute atomic E-state index is 0.0231.